The summed E-state index contributed by atoms with van der Waals surface area (Å²) in [4.78, 5) is 22.3. The smallest absolute Gasteiger partial charge is 0.296 e. The lowest BCUT2D eigenvalue weighted by molar-refractivity contribution is -0.384. The Morgan fingerprint density at radius 3 is 2.32 bits per heavy atom. The number of hydrogen-bond donors (Lipinski definition) is 1. The molecule has 1 amide bonds. The average Bonchev–Trinajstić information content (AvgIpc) is 2.47. The summed E-state index contributed by atoms with van der Waals surface area (Å²) >= 11 is 0. The number of nitrogens with one attached hydrogen (secondary N) is 1. The molecule has 0 atom stereocenters. The summed E-state index contributed by atoms with van der Waals surface area (Å²) in [7, 11) is 1.25. The fourth-order valence-electron chi connectivity index (χ4n) is 1.86. The summed E-state index contributed by atoms with van der Waals surface area (Å²) in [6, 6.07) is 6.79. The van der Waals surface area contributed by atoms with E-state index < -0.39 is 33.7 Å². The van der Waals surface area contributed by atoms with Crippen molar-refractivity contribution in [1.29, 1.82) is 0 Å². The third kappa shape index (κ3) is 2.85. The number of carbonyl (C=O) groups is 1. The maximum Gasteiger partial charge on any atom is 0.296 e. The van der Waals surface area contributed by atoms with Gasteiger partial charge in [0.25, 0.3) is 11.6 Å². The zero-order valence-electron chi connectivity index (χ0n) is 11.3. The van der Waals surface area contributed by atoms with E-state index in [0.29, 0.717) is 0 Å². The van der Waals surface area contributed by atoms with E-state index in [9.17, 15) is 23.7 Å². The first-order valence-corrected chi connectivity index (χ1v) is 6.02. The molecule has 0 bridgehead atoms. The van der Waals surface area contributed by atoms with Crippen molar-refractivity contribution in [2.45, 2.75) is 0 Å². The number of para-hydroxylation sites is 1. The van der Waals surface area contributed by atoms with Crippen LogP contribution in [0.5, 0.6) is 5.75 Å². The molecule has 0 aliphatic heterocycles. The number of halogens is 2. The van der Waals surface area contributed by atoms with Crippen molar-refractivity contribution in [3.63, 3.8) is 0 Å². The van der Waals surface area contributed by atoms with E-state index in [2.05, 4.69) is 5.32 Å². The Balaban J connectivity index is 2.47. The molecule has 0 unspecified atom stereocenters. The van der Waals surface area contributed by atoms with Crippen molar-refractivity contribution in [3.05, 3.63) is 63.7 Å². The molecular weight excluding hydrogens is 298 g/mol. The number of nitro groups is 1. The molecule has 0 saturated heterocycles. The van der Waals surface area contributed by atoms with Crippen molar-refractivity contribution in [3.8, 4) is 5.75 Å². The predicted octanol–water partition coefficient (Wildman–Crippen LogP) is 3.13. The van der Waals surface area contributed by atoms with Crippen LogP contribution in [0.4, 0.5) is 20.2 Å². The Kier molecular flexibility index (Phi) is 4.31. The highest BCUT2D eigenvalue weighted by atomic mass is 19.1. The molecule has 0 aromatic heterocycles. The third-order valence-electron chi connectivity index (χ3n) is 2.85. The normalized spacial score (nSPS) is 10.1. The molecular formula is C14H10F2N2O4. The van der Waals surface area contributed by atoms with Crippen LogP contribution in [0.25, 0.3) is 0 Å². The van der Waals surface area contributed by atoms with E-state index in [1.165, 1.54) is 19.2 Å². The van der Waals surface area contributed by atoms with Crippen LogP contribution < -0.4 is 10.1 Å². The Hall–Kier alpha value is -3.03. The number of anilines is 1. The molecule has 2 aromatic rings. The van der Waals surface area contributed by atoms with E-state index in [0.717, 1.165) is 24.3 Å². The first kappa shape index (κ1) is 15.4. The number of ether oxygens (including phenoxy) is 1. The number of rotatable bonds is 4. The van der Waals surface area contributed by atoms with Crippen LogP contribution in [-0.2, 0) is 0 Å². The maximum atomic E-state index is 13.6. The second-order valence-electron chi connectivity index (χ2n) is 4.16. The first-order chi connectivity index (χ1) is 10.5. The molecule has 0 heterocycles. The zero-order chi connectivity index (χ0) is 16.3. The largest absolute Gasteiger partial charge is 0.494 e. The molecule has 114 valence electrons. The van der Waals surface area contributed by atoms with E-state index >= 15 is 0 Å². The van der Waals surface area contributed by atoms with E-state index in [4.69, 9.17) is 4.74 Å². The summed E-state index contributed by atoms with van der Waals surface area (Å²) in [5.74, 6) is -3.30. The van der Waals surface area contributed by atoms with Crippen molar-refractivity contribution in [1.82, 2.24) is 0 Å². The van der Waals surface area contributed by atoms with Crippen LogP contribution in [0, 0.1) is 21.7 Å². The molecule has 2 aromatic carbocycles. The van der Waals surface area contributed by atoms with Gasteiger partial charge in [-0.25, -0.2) is 8.78 Å². The Labute approximate surface area is 123 Å². The second-order valence-corrected chi connectivity index (χ2v) is 4.16. The lowest BCUT2D eigenvalue weighted by Crippen LogP contribution is -2.17. The summed E-state index contributed by atoms with van der Waals surface area (Å²) in [5.41, 5.74) is -1.56. The number of nitrogens with zero attached hydrogens (tertiary/aromatic N) is 1. The fourth-order valence-corrected chi connectivity index (χ4v) is 1.86. The lowest BCUT2D eigenvalue weighted by atomic mass is 10.1. The minimum atomic E-state index is -1.15. The van der Waals surface area contributed by atoms with Crippen molar-refractivity contribution >= 4 is 17.3 Å². The number of methoxy groups -OCH3 is 1. The quantitative estimate of drug-likeness (QED) is 0.695. The summed E-state index contributed by atoms with van der Waals surface area (Å²) in [6.45, 7) is 0. The topological polar surface area (TPSA) is 81.5 Å². The van der Waals surface area contributed by atoms with Gasteiger partial charge in [-0.2, -0.15) is 0 Å². The van der Waals surface area contributed by atoms with Crippen LogP contribution in [0.3, 0.4) is 0 Å². The standard InChI is InChI=1S/C14H10F2N2O4/c1-22-11-7-3-6-10(18(20)21)13(11)17-14(19)12-8(15)4-2-5-9(12)16/h2-7H,1H3,(H,17,19). The number of carbonyl (C=O) groups excluding carboxylic acids is 1. The zero-order valence-corrected chi connectivity index (χ0v) is 11.3. The predicted molar refractivity (Wildman–Crippen MR) is 74.0 cm³/mol. The van der Waals surface area contributed by atoms with Gasteiger partial charge in [-0.3, -0.25) is 14.9 Å². The third-order valence-corrected chi connectivity index (χ3v) is 2.85. The molecule has 0 fully saturated rings. The molecule has 1 N–H and O–H groups in total. The molecule has 0 spiro atoms. The number of benzene rings is 2. The van der Waals surface area contributed by atoms with Gasteiger partial charge in [0.05, 0.1) is 12.0 Å². The highest BCUT2D eigenvalue weighted by Crippen LogP contribution is 2.34. The van der Waals surface area contributed by atoms with Gasteiger partial charge in [-0.15, -0.1) is 0 Å². The summed E-state index contributed by atoms with van der Waals surface area (Å²) < 4.78 is 32.1. The van der Waals surface area contributed by atoms with Gasteiger partial charge in [0.2, 0.25) is 0 Å². The second kappa shape index (κ2) is 6.17. The molecule has 8 heteroatoms. The molecule has 22 heavy (non-hydrogen) atoms. The van der Waals surface area contributed by atoms with E-state index in [1.54, 1.807) is 0 Å². The van der Waals surface area contributed by atoms with Crippen LogP contribution in [0.1, 0.15) is 10.4 Å². The monoisotopic (exact) mass is 308 g/mol. The summed E-state index contributed by atoms with van der Waals surface area (Å²) in [6.07, 6.45) is 0. The molecule has 0 saturated carbocycles. The molecule has 2 rings (SSSR count). The van der Waals surface area contributed by atoms with Gasteiger partial charge in [-0.05, 0) is 18.2 Å². The molecule has 0 aliphatic rings. The van der Waals surface area contributed by atoms with Gasteiger partial charge in [0, 0.05) is 6.07 Å². The van der Waals surface area contributed by atoms with Gasteiger partial charge >= 0.3 is 0 Å². The van der Waals surface area contributed by atoms with E-state index in [1.807, 2.05) is 0 Å². The minimum Gasteiger partial charge on any atom is -0.494 e. The Morgan fingerprint density at radius 2 is 1.77 bits per heavy atom. The number of amides is 1. The molecule has 0 aliphatic carbocycles. The summed E-state index contributed by atoms with van der Waals surface area (Å²) in [5, 5.41) is 13.1. The van der Waals surface area contributed by atoms with Gasteiger partial charge in [0.15, 0.2) is 5.69 Å². The van der Waals surface area contributed by atoms with Crippen molar-refractivity contribution in [2.24, 2.45) is 0 Å². The number of hydrogen-bond acceptors (Lipinski definition) is 4. The first-order valence-electron chi connectivity index (χ1n) is 6.02. The average molecular weight is 308 g/mol. The lowest BCUT2D eigenvalue weighted by Gasteiger charge is -2.11. The molecule has 6 nitrogen and oxygen atoms in total. The highest BCUT2D eigenvalue weighted by molar-refractivity contribution is 6.06. The Morgan fingerprint density at radius 1 is 1.18 bits per heavy atom. The van der Waals surface area contributed by atoms with E-state index in [-0.39, 0.29) is 11.4 Å². The van der Waals surface area contributed by atoms with Crippen LogP contribution in [0.2, 0.25) is 0 Å². The maximum absolute atomic E-state index is 13.6. The van der Waals surface area contributed by atoms with Crippen molar-refractivity contribution < 1.29 is 23.2 Å². The van der Waals surface area contributed by atoms with Gasteiger partial charge in [-0.1, -0.05) is 12.1 Å². The van der Waals surface area contributed by atoms with Gasteiger partial charge in [0.1, 0.15) is 22.9 Å². The number of nitro benzene ring substituents is 1. The van der Waals surface area contributed by atoms with Crippen LogP contribution in [0.15, 0.2) is 36.4 Å². The highest BCUT2D eigenvalue weighted by Gasteiger charge is 2.24. The van der Waals surface area contributed by atoms with Crippen LogP contribution in [-0.4, -0.2) is 17.9 Å². The Bertz CT molecular complexity index is 729. The fraction of sp³-hybridized carbons (Fsp3) is 0.0714. The minimum absolute atomic E-state index is 0.000651. The SMILES string of the molecule is COc1cccc([N+](=O)[O-])c1NC(=O)c1c(F)cccc1F. The molecule has 0 radical (unpaired) electrons. The van der Waals surface area contributed by atoms with Crippen molar-refractivity contribution in [2.75, 3.05) is 12.4 Å². The van der Waals surface area contributed by atoms with Gasteiger partial charge < -0.3 is 10.1 Å². The van der Waals surface area contributed by atoms with Crippen LogP contribution >= 0.6 is 0 Å².